The molecule has 1 N–H and O–H groups in total. The molecule has 0 bridgehead atoms. The molecular weight excluding hydrogens is 222 g/mol. The molecule has 0 aromatic carbocycles. The summed E-state index contributed by atoms with van der Waals surface area (Å²) in [4.78, 5) is 0. The number of ether oxygens (including phenoxy) is 1. The van der Waals surface area contributed by atoms with Gasteiger partial charge >= 0.3 is 0 Å². The maximum atomic E-state index is 5.00. The van der Waals surface area contributed by atoms with E-state index in [1.807, 2.05) is 0 Å². The van der Waals surface area contributed by atoms with Crippen molar-refractivity contribution >= 4 is 0 Å². The van der Waals surface area contributed by atoms with E-state index in [-0.39, 0.29) is 0 Å². The Morgan fingerprint density at radius 2 is 1.39 bits per heavy atom. The molecule has 0 aliphatic rings. The third-order valence-corrected chi connectivity index (χ3v) is 3.06. The van der Waals surface area contributed by atoms with Crippen LogP contribution in [0.2, 0.25) is 0 Å². The second kappa shape index (κ2) is 16.3. The molecule has 0 heterocycles. The Kier molecular flexibility index (Phi) is 15.7. The zero-order valence-electron chi connectivity index (χ0n) is 12.4. The van der Waals surface area contributed by atoms with Gasteiger partial charge in [0.25, 0.3) is 0 Å². The number of hydrogen-bond acceptors (Lipinski definition) is 2. The van der Waals surface area contributed by atoms with Crippen molar-refractivity contribution in [2.45, 2.75) is 78.1 Å². The van der Waals surface area contributed by atoms with Crippen molar-refractivity contribution in [3.05, 3.63) is 0 Å². The highest BCUT2D eigenvalue weighted by molar-refractivity contribution is 4.84. The Morgan fingerprint density at radius 1 is 0.833 bits per heavy atom. The summed E-state index contributed by atoms with van der Waals surface area (Å²) in [6.45, 7) is 5.65. The van der Waals surface area contributed by atoms with E-state index in [1.54, 1.807) is 6.92 Å². The summed E-state index contributed by atoms with van der Waals surface area (Å²) in [5.74, 6) is 2.70. The summed E-state index contributed by atoms with van der Waals surface area (Å²) in [6, 6.07) is 0. The molecule has 0 aliphatic heterocycles. The van der Waals surface area contributed by atoms with Crippen LogP contribution >= 0.6 is 0 Å². The topological polar surface area (TPSA) is 21.3 Å². The van der Waals surface area contributed by atoms with Crippen molar-refractivity contribution in [2.75, 3.05) is 13.3 Å². The quantitative estimate of drug-likeness (QED) is 0.297. The second-order valence-electron chi connectivity index (χ2n) is 4.82. The van der Waals surface area contributed by atoms with Crippen molar-refractivity contribution in [3.63, 3.8) is 0 Å². The van der Waals surface area contributed by atoms with Gasteiger partial charge in [-0.2, -0.15) is 0 Å². The maximum absolute atomic E-state index is 5.00. The molecule has 0 atom stereocenters. The molecule has 0 saturated heterocycles. The largest absolute Gasteiger partial charge is 0.431 e. The van der Waals surface area contributed by atoms with Crippen LogP contribution in [0, 0.1) is 12.0 Å². The lowest BCUT2D eigenvalue weighted by Crippen LogP contribution is -2.17. The highest BCUT2D eigenvalue weighted by Crippen LogP contribution is 2.10. The van der Waals surface area contributed by atoms with E-state index < -0.39 is 0 Å². The van der Waals surface area contributed by atoms with E-state index in [0.717, 1.165) is 6.54 Å². The molecule has 0 aromatic heterocycles. The number of nitrogens with one attached hydrogen (secondary N) is 1. The molecule has 0 saturated carbocycles. The average Bonchev–Trinajstić information content (AvgIpc) is 2.39. The highest BCUT2D eigenvalue weighted by Gasteiger charge is 1.92. The second-order valence-corrected chi connectivity index (χ2v) is 4.82. The third kappa shape index (κ3) is 15.3. The monoisotopic (exact) mass is 253 g/mol. The normalized spacial score (nSPS) is 9.89. The van der Waals surface area contributed by atoms with Crippen LogP contribution in [0.4, 0.5) is 0 Å². The lowest BCUT2D eigenvalue weighted by Gasteiger charge is -2.03. The Hall–Kier alpha value is -0.680. The molecule has 106 valence electrons. The van der Waals surface area contributed by atoms with Crippen molar-refractivity contribution in [1.82, 2.24) is 5.32 Å². The minimum Gasteiger partial charge on any atom is -0.431 e. The van der Waals surface area contributed by atoms with Gasteiger partial charge in [0.05, 0.1) is 0 Å². The molecule has 0 amide bonds. The van der Waals surface area contributed by atoms with Crippen molar-refractivity contribution < 1.29 is 4.74 Å². The van der Waals surface area contributed by atoms with Crippen LogP contribution in [0.1, 0.15) is 78.1 Å². The molecule has 0 unspecified atom stereocenters. The molecular formula is C16H31NO. The van der Waals surface area contributed by atoms with E-state index in [2.05, 4.69) is 24.3 Å². The van der Waals surface area contributed by atoms with Crippen LogP contribution in [0.15, 0.2) is 0 Å². The lowest BCUT2D eigenvalue weighted by molar-refractivity contribution is 0.246. The van der Waals surface area contributed by atoms with E-state index in [9.17, 15) is 0 Å². The maximum Gasteiger partial charge on any atom is 0.151 e. The molecule has 18 heavy (non-hydrogen) atoms. The Bertz CT molecular complexity index is 205. The molecule has 0 aliphatic carbocycles. The van der Waals surface area contributed by atoms with E-state index >= 15 is 0 Å². The molecule has 0 aromatic rings. The first-order valence-corrected chi connectivity index (χ1v) is 7.66. The summed E-state index contributed by atoms with van der Waals surface area (Å²) < 4.78 is 5.00. The van der Waals surface area contributed by atoms with Crippen LogP contribution < -0.4 is 5.32 Å². The van der Waals surface area contributed by atoms with Gasteiger partial charge in [0.2, 0.25) is 0 Å². The first kappa shape index (κ1) is 17.3. The zero-order chi connectivity index (χ0) is 13.3. The van der Waals surface area contributed by atoms with Crippen molar-refractivity contribution in [2.24, 2.45) is 0 Å². The predicted octanol–water partition coefficient (Wildman–Crippen LogP) is 4.45. The third-order valence-electron chi connectivity index (χ3n) is 3.06. The Balaban J connectivity index is 2.92. The van der Waals surface area contributed by atoms with Crippen LogP contribution in [0.3, 0.4) is 0 Å². The van der Waals surface area contributed by atoms with Crippen molar-refractivity contribution in [1.29, 1.82) is 0 Å². The summed E-state index contributed by atoms with van der Waals surface area (Å²) in [6.07, 6.45) is 16.4. The fourth-order valence-electron chi connectivity index (χ4n) is 1.97. The van der Waals surface area contributed by atoms with E-state index in [4.69, 9.17) is 4.74 Å². The average molecular weight is 253 g/mol. The fourth-order valence-corrected chi connectivity index (χ4v) is 1.97. The van der Waals surface area contributed by atoms with Gasteiger partial charge in [-0.25, -0.2) is 0 Å². The molecule has 0 rings (SSSR count). The van der Waals surface area contributed by atoms with Crippen LogP contribution in [-0.2, 0) is 4.74 Å². The standard InChI is InChI=1S/C16H31NO/c1-3-5-6-7-8-9-10-11-12-13-14-17-16-18-15-4-2/h17H,3,5-14,16H2,1-2H3. The number of rotatable bonds is 13. The molecule has 0 spiro atoms. The SMILES string of the molecule is CC#COCNCCCCCCCCCCCC. The molecule has 0 fully saturated rings. The molecule has 2 heteroatoms. The van der Waals surface area contributed by atoms with Gasteiger partial charge in [-0.15, -0.1) is 0 Å². The Morgan fingerprint density at radius 3 is 1.94 bits per heavy atom. The fraction of sp³-hybridized carbons (Fsp3) is 0.875. The van der Waals surface area contributed by atoms with Gasteiger partial charge in [0.1, 0.15) is 6.11 Å². The van der Waals surface area contributed by atoms with E-state index in [1.165, 1.54) is 64.2 Å². The number of unbranched alkanes of at least 4 members (excludes halogenated alkanes) is 9. The van der Waals surface area contributed by atoms with Crippen LogP contribution in [-0.4, -0.2) is 13.3 Å². The lowest BCUT2D eigenvalue weighted by atomic mass is 10.1. The van der Waals surface area contributed by atoms with Gasteiger partial charge in [0, 0.05) is 6.92 Å². The first-order valence-electron chi connectivity index (χ1n) is 7.66. The zero-order valence-corrected chi connectivity index (χ0v) is 12.4. The minimum atomic E-state index is 0.554. The predicted molar refractivity (Wildman–Crippen MR) is 79.2 cm³/mol. The van der Waals surface area contributed by atoms with Crippen LogP contribution in [0.5, 0.6) is 0 Å². The molecule has 2 nitrogen and oxygen atoms in total. The van der Waals surface area contributed by atoms with Crippen LogP contribution in [0.25, 0.3) is 0 Å². The number of hydrogen-bond donors (Lipinski definition) is 1. The highest BCUT2D eigenvalue weighted by atomic mass is 16.5. The van der Waals surface area contributed by atoms with Gasteiger partial charge in [0.15, 0.2) is 6.73 Å². The summed E-state index contributed by atoms with van der Waals surface area (Å²) in [5.41, 5.74) is 0. The van der Waals surface area contributed by atoms with Gasteiger partial charge < -0.3 is 4.74 Å². The Labute approximate surface area is 114 Å². The summed E-state index contributed by atoms with van der Waals surface area (Å²) in [7, 11) is 0. The van der Waals surface area contributed by atoms with Gasteiger partial charge in [-0.05, 0) is 13.0 Å². The first-order chi connectivity index (χ1) is 8.91. The van der Waals surface area contributed by atoms with Gasteiger partial charge in [-0.1, -0.05) is 70.6 Å². The minimum absolute atomic E-state index is 0.554. The van der Waals surface area contributed by atoms with Crippen molar-refractivity contribution in [3.8, 4) is 12.0 Å². The van der Waals surface area contributed by atoms with E-state index in [0.29, 0.717) is 6.73 Å². The molecule has 0 radical (unpaired) electrons. The summed E-state index contributed by atoms with van der Waals surface area (Å²) >= 11 is 0. The summed E-state index contributed by atoms with van der Waals surface area (Å²) in [5, 5.41) is 3.22. The van der Waals surface area contributed by atoms with Gasteiger partial charge in [-0.3, -0.25) is 5.32 Å². The smallest absolute Gasteiger partial charge is 0.151 e.